The molecule has 3 fully saturated rings. The third kappa shape index (κ3) is 5.01. The van der Waals surface area contributed by atoms with Crippen LogP contribution in [0.3, 0.4) is 0 Å². The summed E-state index contributed by atoms with van der Waals surface area (Å²) in [7, 11) is 0. The molecule has 0 saturated carbocycles. The van der Waals surface area contributed by atoms with Crippen LogP contribution in [0.15, 0.2) is 42.5 Å². The summed E-state index contributed by atoms with van der Waals surface area (Å²) in [4.78, 5) is 31.1. The third-order valence-corrected chi connectivity index (χ3v) is 7.66. The first-order valence-corrected chi connectivity index (χ1v) is 12.7. The van der Waals surface area contributed by atoms with Crippen molar-refractivity contribution in [2.75, 3.05) is 37.7 Å². The number of benzene rings is 2. The maximum absolute atomic E-state index is 13.9. The topological polar surface area (TPSA) is 109 Å². The van der Waals surface area contributed by atoms with Crippen molar-refractivity contribution in [3.63, 3.8) is 0 Å². The number of aliphatic hydroxyl groups excluding tert-OH is 1. The lowest BCUT2D eigenvalue weighted by Crippen LogP contribution is -2.49. The number of amides is 3. The number of aliphatic hydroxyl groups is 1. The van der Waals surface area contributed by atoms with Crippen LogP contribution in [-0.4, -0.2) is 78.0 Å². The van der Waals surface area contributed by atoms with Crippen LogP contribution in [0.4, 0.5) is 24.1 Å². The Balaban J connectivity index is 1.19. The van der Waals surface area contributed by atoms with Gasteiger partial charge in [0, 0.05) is 38.3 Å². The van der Waals surface area contributed by atoms with E-state index in [0.717, 1.165) is 55.2 Å². The lowest BCUT2D eigenvalue weighted by molar-refractivity contribution is 0.0827. The molecule has 3 heterocycles. The van der Waals surface area contributed by atoms with Crippen LogP contribution in [0, 0.1) is 23.0 Å². The van der Waals surface area contributed by atoms with Crippen molar-refractivity contribution in [2.45, 2.75) is 43.5 Å². The minimum absolute atomic E-state index is 0.154. The molecule has 3 aliphatic heterocycles. The molecule has 11 heteroatoms. The molecule has 3 amide bonds. The molecule has 0 unspecified atom stereocenters. The second kappa shape index (κ2) is 10.9. The van der Waals surface area contributed by atoms with Gasteiger partial charge in [-0.1, -0.05) is 18.2 Å². The number of anilines is 1. The fraction of sp³-hybridized carbons (Fsp3) is 0.444. The van der Waals surface area contributed by atoms with Gasteiger partial charge in [-0.05, 0) is 49.1 Å². The van der Waals surface area contributed by atoms with Gasteiger partial charge < -0.3 is 20.1 Å². The maximum atomic E-state index is 13.9. The standard InChI is InChI=1S/C27H29F2N5O4/c28-21-6-5-17(13-22(21)29)25-24(16-35)38-27(37)34(25)26(36)31-19-7-10-33(15-19)20-8-11-32(12-9-20)23-4-2-1-3-18(23)14-30/h1-6,13,19-20,24-25,35H,7-12,15-16H2,(H,31,36)/t19-,24+,25+/m1/s1. The van der Waals surface area contributed by atoms with Crippen LogP contribution in [-0.2, 0) is 4.74 Å². The third-order valence-electron chi connectivity index (χ3n) is 7.66. The molecule has 5 rings (SSSR count). The van der Waals surface area contributed by atoms with Gasteiger partial charge in [0.25, 0.3) is 0 Å². The summed E-state index contributed by atoms with van der Waals surface area (Å²) in [6.45, 7) is 2.49. The summed E-state index contributed by atoms with van der Waals surface area (Å²) in [6, 6.07) is 11.3. The number of hydrogen-bond acceptors (Lipinski definition) is 7. The normalized spacial score (nSPS) is 24.4. The number of imide groups is 1. The van der Waals surface area contributed by atoms with Gasteiger partial charge in [0.05, 0.1) is 17.9 Å². The molecule has 3 saturated heterocycles. The number of nitrogens with zero attached hydrogens (tertiary/aromatic N) is 4. The van der Waals surface area contributed by atoms with Crippen LogP contribution in [0.1, 0.15) is 36.4 Å². The van der Waals surface area contributed by atoms with E-state index in [4.69, 9.17) is 4.74 Å². The van der Waals surface area contributed by atoms with Crippen molar-refractivity contribution >= 4 is 17.8 Å². The molecule has 2 aromatic carbocycles. The first-order chi connectivity index (χ1) is 18.4. The van der Waals surface area contributed by atoms with Gasteiger partial charge in [-0.25, -0.2) is 23.3 Å². The highest BCUT2D eigenvalue weighted by Crippen LogP contribution is 2.34. The number of ether oxygens (including phenoxy) is 1. The predicted octanol–water partition coefficient (Wildman–Crippen LogP) is 3.14. The zero-order chi connectivity index (χ0) is 26.8. The Morgan fingerprint density at radius 3 is 2.58 bits per heavy atom. The lowest BCUT2D eigenvalue weighted by atomic mass is 10.0. The fourth-order valence-corrected chi connectivity index (χ4v) is 5.73. The van der Waals surface area contributed by atoms with Crippen LogP contribution >= 0.6 is 0 Å². The minimum atomic E-state index is -1.12. The zero-order valence-corrected chi connectivity index (χ0v) is 20.7. The molecule has 0 aliphatic carbocycles. The van der Waals surface area contributed by atoms with Crippen LogP contribution < -0.4 is 10.2 Å². The Morgan fingerprint density at radius 2 is 1.87 bits per heavy atom. The number of urea groups is 1. The molecule has 3 aliphatic rings. The smallest absolute Gasteiger partial charge is 0.419 e. The van der Waals surface area contributed by atoms with Gasteiger partial charge in [0.2, 0.25) is 0 Å². The largest absolute Gasteiger partial charge is 0.441 e. The van der Waals surface area contributed by atoms with Crippen LogP contribution in [0.25, 0.3) is 0 Å². The van der Waals surface area contributed by atoms with Crippen molar-refractivity contribution < 1.29 is 28.2 Å². The number of cyclic esters (lactones) is 1. The van der Waals surface area contributed by atoms with Crippen LogP contribution in [0.5, 0.6) is 0 Å². The van der Waals surface area contributed by atoms with Crippen molar-refractivity contribution in [1.82, 2.24) is 15.1 Å². The van der Waals surface area contributed by atoms with E-state index in [1.54, 1.807) is 0 Å². The number of hydrogen-bond donors (Lipinski definition) is 2. The van der Waals surface area contributed by atoms with E-state index in [1.165, 1.54) is 6.07 Å². The molecule has 2 N–H and O–H groups in total. The number of nitriles is 1. The quantitative estimate of drug-likeness (QED) is 0.617. The van der Waals surface area contributed by atoms with Crippen molar-refractivity contribution in [3.8, 4) is 6.07 Å². The van der Waals surface area contributed by atoms with E-state index >= 15 is 0 Å². The Bertz CT molecular complexity index is 1250. The van der Waals surface area contributed by atoms with Crippen molar-refractivity contribution in [2.24, 2.45) is 0 Å². The fourth-order valence-electron chi connectivity index (χ4n) is 5.73. The molecule has 0 bridgehead atoms. The average molecular weight is 526 g/mol. The van der Waals surface area contributed by atoms with Gasteiger partial charge in [-0.3, -0.25) is 4.90 Å². The van der Waals surface area contributed by atoms with E-state index < -0.39 is 42.5 Å². The highest BCUT2D eigenvalue weighted by atomic mass is 19.2. The molecule has 0 aromatic heterocycles. The van der Waals surface area contributed by atoms with E-state index in [9.17, 15) is 28.7 Å². The highest BCUT2D eigenvalue weighted by Gasteiger charge is 2.47. The van der Waals surface area contributed by atoms with Crippen molar-refractivity contribution in [3.05, 3.63) is 65.2 Å². The molecule has 3 atom stereocenters. The molecule has 38 heavy (non-hydrogen) atoms. The molecular formula is C27H29F2N5O4. The number of likely N-dealkylation sites (tertiary alicyclic amines) is 1. The molecule has 0 spiro atoms. The van der Waals surface area contributed by atoms with Gasteiger partial charge in [-0.15, -0.1) is 0 Å². The zero-order valence-electron chi connectivity index (χ0n) is 20.7. The summed E-state index contributed by atoms with van der Waals surface area (Å²) in [5.74, 6) is -2.17. The first-order valence-electron chi connectivity index (χ1n) is 12.7. The van der Waals surface area contributed by atoms with Crippen LogP contribution in [0.2, 0.25) is 0 Å². The molecule has 9 nitrogen and oxygen atoms in total. The van der Waals surface area contributed by atoms with E-state index in [0.29, 0.717) is 24.6 Å². The number of piperidine rings is 1. The number of carbonyl (C=O) groups is 2. The molecule has 2 aromatic rings. The van der Waals surface area contributed by atoms with E-state index in [-0.39, 0.29) is 11.6 Å². The Hall–Kier alpha value is -3.75. The summed E-state index contributed by atoms with van der Waals surface area (Å²) in [5.41, 5.74) is 1.77. The number of halogens is 2. The summed E-state index contributed by atoms with van der Waals surface area (Å²) in [5, 5.41) is 22.0. The molecule has 0 radical (unpaired) electrons. The number of rotatable bonds is 5. The molecule has 200 valence electrons. The summed E-state index contributed by atoms with van der Waals surface area (Å²) >= 11 is 0. The number of carbonyl (C=O) groups excluding carboxylic acids is 2. The summed E-state index contributed by atoms with van der Waals surface area (Å²) in [6.07, 6.45) is 0.515. The van der Waals surface area contributed by atoms with E-state index in [1.807, 2.05) is 24.3 Å². The van der Waals surface area contributed by atoms with E-state index in [2.05, 4.69) is 21.2 Å². The van der Waals surface area contributed by atoms with Crippen molar-refractivity contribution in [1.29, 1.82) is 5.26 Å². The Labute approximate surface area is 219 Å². The average Bonchev–Trinajstić information content (AvgIpc) is 3.54. The molecular weight excluding hydrogens is 496 g/mol. The minimum Gasteiger partial charge on any atom is -0.441 e. The maximum Gasteiger partial charge on any atom is 0.419 e. The number of nitrogens with one attached hydrogen (secondary N) is 1. The Morgan fingerprint density at radius 1 is 1.11 bits per heavy atom. The number of para-hydroxylation sites is 1. The second-order valence-corrected chi connectivity index (χ2v) is 9.87. The van der Waals surface area contributed by atoms with Gasteiger partial charge >= 0.3 is 12.1 Å². The summed E-state index contributed by atoms with van der Waals surface area (Å²) < 4.78 is 32.5. The first kappa shape index (κ1) is 25.9. The van der Waals surface area contributed by atoms with Gasteiger partial charge in [-0.2, -0.15) is 5.26 Å². The predicted molar refractivity (Wildman–Crippen MR) is 133 cm³/mol. The van der Waals surface area contributed by atoms with Gasteiger partial charge in [0.15, 0.2) is 17.7 Å². The highest BCUT2D eigenvalue weighted by molar-refractivity contribution is 5.93. The lowest BCUT2D eigenvalue weighted by Gasteiger charge is -2.38. The van der Waals surface area contributed by atoms with Gasteiger partial charge in [0.1, 0.15) is 12.1 Å². The second-order valence-electron chi connectivity index (χ2n) is 9.87. The monoisotopic (exact) mass is 525 g/mol. The Kier molecular flexibility index (Phi) is 7.44. The SMILES string of the molecule is N#Cc1ccccc1N1CCC(N2CC[C@@H](NC(=O)N3C(=O)O[C@@H](CO)[C@@H]3c3ccc(F)c(F)c3)C2)CC1.